The predicted molar refractivity (Wildman–Crippen MR) is 95.8 cm³/mol. The van der Waals surface area contributed by atoms with Crippen molar-refractivity contribution in [2.24, 2.45) is 7.05 Å². The molecule has 118 valence electrons. The molecule has 2 aromatic heterocycles. The minimum absolute atomic E-state index is 0.132. The fourth-order valence-corrected chi connectivity index (χ4v) is 3.81. The van der Waals surface area contributed by atoms with Gasteiger partial charge in [-0.25, -0.2) is 4.98 Å². The topological polar surface area (TPSA) is 64.0 Å². The van der Waals surface area contributed by atoms with Crippen LogP contribution in [0.5, 0.6) is 0 Å². The lowest BCUT2D eigenvalue weighted by Crippen LogP contribution is -2.17. The summed E-state index contributed by atoms with van der Waals surface area (Å²) in [6, 6.07) is 7.65. The number of carbonyl (C=O) groups is 1. The number of hydrogen-bond acceptors (Lipinski definition) is 5. The number of thiophene rings is 1. The number of amides is 1. The second kappa shape index (κ2) is 6.17. The van der Waals surface area contributed by atoms with Crippen LogP contribution in [0.4, 0.5) is 5.69 Å². The molecular weight excluding hydrogens is 330 g/mol. The van der Waals surface area contributed by atoms with Gasteiger partial charge in [-0.05, 0) is 36.9 Å². The van der Waals surface area contributed by atoms with Crippen LogP contribution in [-0.2, 0) is 7.05 Å². The second-order valence-electron chi connectivity index (χ2n) is 5.08. The predicted octanol–water partition coefficient (Wildman–Crippen LogP) is 3.28. The first kappa shape index (κ1) is 15.8. The molecule has 0 radical (unpaired) electrons. The minimum atomic E-state index is -0.217. The van der Waals surface area contributed by atoms with Crippen molar-refractivity contribution >= 4 is 44.9 Å². The van der Waals surface area contributed by atoms with Gasteiger partial charge in [0.25, 0.3) is 11.5 Å². The molecule has 7 heteroatoms. The number of nitrogens with one attached hydrogen (secondary N) is 1. The first-order valence-corrected chi connectivity index (χ1v) is 8.95. The number of carbonyl (C=O) groups excluding carboxylic acids is 1. The molecule has 0 aliphatic heterocycles. The van der Waals surface area contributed by atoms with Crippen LogP contribution in [0.15, 0.2) is 40.3 Å². The molecule has 0 atom stereocenters. The van der Waals surface area contributed by atoms with Crippen molar-refractivity contribution in [3.05, 3.63) is 51.4 Å². The minimum Gasteiger partial charge on any atom is -0.321 e. The van der Waals surface area contributed by atoms with Gasteiger partial charge in [-0.3, -0.25) is 9.59 Å². The van der Waals surface area contributed by atoms with E-state index in [0.717, 1.165) is 10.6 Å². The molecule has 0 aliphatic carbocycles. The number of nitrogens with zero attached hydrogens (tertiary/aromatic N) is 2. The number of hydrogen-bond donors (Lipinski definition) is 1. The molecule has 0 spiro atoms. The van der Waals surface area contributed by atoms with Crippen molar-refractivity contribution in [3.8, 4) is 0 Å². The van der Waals surface area contributed by atoms with Crippen molar-refractivity contribution in [2.45, 2.75) is 11.8 Å². The Morgan fingerprint density at radius 3 is 2.91 bits per heavy atom. The molecule has 3 aromatic rings. The van der Waals surface area contributed by atoms with Gasteiger partial charge in [0.2, 0.25) is 0 Å². The molecule has 23 heavy (non-hydrogen) atoms. The second-order valence-corrected chi connectivity index (χ2v) is 6.96. The summed E-state index contributed by atoms with van der Waals surface area (Å²) in [5.74, 6) is -0.217. The lowest BCUT2D eigenvalue weighted by molar-refractivity contribution is 0.103. The summed E-state index contributed by atoms with van der Waals surface area (Å²) in [5, 5.41) is 3.41. The SMILES string of the molecule is CSc1cccc(NC(=O)c2sc3ncn(C)c(=O)c3c2C)c1. The molecular formula is C16H15N3O2S2. The zero-order valence-electron chi connectivity index (χ0n) is 12.9. The summed E-state index contributed by atoms with van der Waals surface area (Å²) in [4.78, 5) is 31.2. The highest BCUT2D eigenvalue weighted by Crippen LogP contribution is 2.28. The maximum absolute atomic E-state index is 12.6. The molecule has 0 fully saturated rings. The van der Waals surface area contributed by atoms with Gasteiger partial charge in [-0.2, -0.15) is 0 Å². The Labute approximate surface area is 141 Å². The quantitative estimate of drug-likeness (QED) is 0.740. The van der Waals surface area contributed by atoms with Crippen LogP contribution in [-0.4, -0.2) is 21.7 Å². The molecule has 5 nitrogen and oxygen atoms in total. The van der Waals surface area contributed by atoms with Gasteiger partial charge in [-0.1, -0.05) is 6.07 Å². The fraction of sp³-hybridized carbons (Fsp3) is 0.188. The third kappa shape index (κ3) is 2.89. The zero-order chi connectivity index (χ0) is 16.6. The Balaban J connectivity index is 1.99. The van der Waals surface area contributed by atoms with Gasteiger partial charge < -0.3 is 9.88 Å². The van der Waals surface area contributed by atoms with E-state index in [4.69, 9.17) is 0 Å². The van der Waals surface area contributed by atoms with E-state index in [1.54, 1.807) is 25.7 Å². The van der Waals surface area contributed by atoms with E-state index in [0.29, 0.717) is 20.7 Å². The molecule has 0 saturated heterocycles. The van der Waals surface area contributed by atoms with Crippen LogP contribution in [0.2, 0.25) is 0 Å². The summed E-state index contributed by atoms with van der Waals surface area (Å²) in [7, 11) is 1.65. The largest absolute Gasteiger partial charge is 0.321 e. The number of fused-ring (bicyclic) bond motifs is 1. The molecule has 2 heterocycles. The molecule has 1 aromatic carbocycles. The van der Waals surface area contributed by atoms with Crippen LogP contribution in [0, 0.1) is 6.92 Å². The molecule has 3 rings (SSSR count). The number of thioether (sulfide) groups is 1. The lowest BCUT2D eigenvalue weighted by Gasteiger charge is -2.05. The Hall–Kier alpha value is -2.12. The van der Waals surface area contributed by atoms with E-state index in [1.165, 1.54) is 22.2 Å². The molecule has 1 N–H and O–H groups in total. The first-order chi connectivity index (χ1) is 11.0. The lowest BCUT2D eigenvalue weighted by atomic mass is 10.2. The highest BCUT2D eigenvalue weighted by molar-refractivity contribution is 7.98. The summed E-state index contributed by atoms with van der Waals surface area (Å²) in [6.45, 7) is 1.79. The number of benzene rings is 1. The standard InChI is InChI=1S/C16H15N3O2S2/c1-9-12-15(17-8-19(2)16(12)21)23-13(9)14(20)18-10-5-4-6-11(7-10)22-3/h4-8H,1-3H3,(H,18,20). The Bertz CT molecular complexity index is 960. The number of anilines is 1. The van der Waals surface area contributed by atoms with E-state index in [9.17, 15) is 9.59 Å². The third-order valence-corrected chi connectivity index (χ3v) is 5.47. The van der Waals surface area contributed by atoms with Gasteiger partial charge in [0.1, 0.15) is 4.83 Å². The summed E-state index contributed by atoms with van der Waals surface area (Å²) in [6.07, 6.45) is 3.46. The van der Waals surface area contributed by atoms with Gasteiger partial charge in [0.05, 0.1) is 16.6 Å². The summed E-state index contributed by atoms with van der Waals surface area (Å²) < 4.78 is 1.42. The average Bonchev–Trinajstić information content (AvgIpc) is 2.89. The molecule has 0 aliphatic rings. The van der Waals surface area contributed by atoms with Crippen LogP contribution >= 0.6 is 23.1 Å². The van der Waals surface area contributed by atoms with Gasteiger partial charge in [0.15, 0.2) is 0 Å². The molecule has 0 saturated carbocycles. The van der Waals surface area contributed by atoms with Gasteiger partial charge in [-0.15, -0.1) is 23.1 Å². The van der Waals surface area contributed by atoms with Crippen molar-refractivity contribution in [2.75, 3.05) is 11.6 Å². The summed E-state index contributed by atoms with van der Waals surface area (Å²) in [5.41, 5.74) is 1.28. The third-order valence-electron chi connectivity index (χ3n) is 3.54. The van der Waals surface area contributed by atoms with E-state index >= 15 is 0 Å². The van der Waals surface area contributed by atoms with E-state index in [1.807, 2.05) is 30.5 Å². The fourth-order valence-electron chi connectivity index (χ4n) is 2.31. The summed E-state index contributed by atoms with van der Waals surface area (Å²) >= 11 is 2.86. The normalized spacial score (nSPS) is 10.9. The number of aromatic nitrogens is 2. The Morgan fingerprint density at radius 2 is 2.17 bits per heavy atom. The highest BCUT2D eigenvalue weighted by Gasteiger charge is 2.19. The average molecular weight is 345 g/mol. The van der Waals surface area contributed by atoms with Crippen molar-refractivity contribution in [1.29, 1.82) is 0 Å². The van der Waals surface area contributed by atoms with Crippen LogP contribution in [0.3, 0.4) is 0 Å². The number of rotatable bonds is 3. The van der Waals surface area contributed by atoms with Crippen molar-refractivity contribution in [3.63, 3.8) is 0 Å². The number of aryl methyl sites for hydroxylation is 2. The monoisotopic (exact) mass is 345 g/mol. The maximum atomic E-state index is 12.6. The van der Waals surface area contributed by atoms with Crippen molar-refractivity contribution in [1.82, 2.24) is 9.55 Å². The van der Waals surface area contributed by atoms with E-state index in [-0.39, 0.29) is 11.5 Å². The smallest absolute Gasteiger partial charge is 0.266 e. The van der Waals surface area contributed by atoms with Crippen molar-refractivity contribution < 1.29 is 4.79 Å². The molecule has 0 unspecified atom stereocenters. The van der Waals surface area contributed by atoms with Gasteiger partial charge >= 0.3 is 0 Å². The van der Waals surface area contributed by atoms with E-state index in [2.05, 4.69) is 10.3 Å². The van der Waals surface area contributed by atoms with E-state index < -0.39 is 0 Å². The van der Waals surface area contributed by atoms with Crippen LogP contribution in [0.1, 0.15) is 15.2 Å². The van der Waals surface area contributed by atoms with Crippen LogP contribution < -0.4 is 10.9 Å². The maximum Gasteiger partial charge on any atom is 0.266 e. The highest BCUT2D eigenvalue weighted by atomic mass is 32.2. The Kier molecular flexibility index (Phi) is 4.23. The molecule has 0 bridgehead atoms. The van der Waals surface area contributed by atoms with Gasteiger partial charge in [0, 0.05) is 17.6 Å². The van der Waals surface area contributed by atoms with Crippen LogP contribution in [0.25, 0.3) is 10.2 Å². The molecule has 1 amide bonds. The first-order valence-electron chi connectivity index (χ1n) is 6.91. The Morgan fingerprint density at radius 1 is 1.39 bits per heavy atom. The zero-order valence-corrected chi connectivity index (χ0v) is 14.5.